The number of aliphatic hydroxyl groups is 1. The van der Waals surface area contributed by atoms with Crippen LogP contribution in [-0.2, 0) is 6.54 Å². The predicted octanol–water partition coefficient (Wildman–Crippen LogP) is 2.23. The van der Waals surface area contributed by atoms with Crippen molar-refractivity contribution < 1.29 is 14.4 Å². The molecule has 0 aliphatic heterocycles. The van der Waals surface area contributed by atoms with Gasteiger partial charge in [-0.15, -0.1) is 0 Å². The van der Waals surface area contributed by atoms with Gasteiger partial charge in [-0.1, -0.05) is 13.0 Å². The van der Waals surface area contributed by atoms with Gasteiger partial charge in [0.05, 0.1) is 4.92 Å². The molecule has 1 atom stereocenters. The minimum Gasteiger partial charge on any atom is -0.396 e. The van der Waals surface area contributed by atoms with Crippen molar-refractivity contribution in [1.82, 2.24) is 5.32 Å². The van der Waals surface area contributed by atoms with Crippen LogP contribution in [0, 0.1) is 21.8 Å². The van der Waals surface area contributed by atoms with Gasteiger partial charge in [0, 0.05) is 19.2 Å². The number of nitro benzene ring substituents is 1. The Balaban J connectivity index is 2.34. The highest BCUT2D eigenvalue weighted by Crippen LogP contribution is 2.17. The summed E-state index contributed by atoms with van der Waals surface area (Å²) in [4.78, 5) is 9.72. The van der Waals surface area contributed by atoms with Crippen molar-refractivity contribution >= 4 is 5.69 Å². The predicted molar refractivity (Wildman–Crippen MR) is 70.2 cm³/mol. The quantitative estimate of drug-likeness (QED) is 0.431. The van der Waals surface area contributed by atoms with Gasteiger partial charge in [0.2, 0.25) is 5.82 Å². The second-order valence-electron chi connectivity index (χ2n) is 4.65. The summed E-state index contributed by atoms with van der Waals surface area (Å²) in [5.74, 6) is -0.517. The average molecular weight is 270 g/mol. The van der Waals surface area contributed by atoms with Crippen molar-refractivity contribution in [1.29, 1.82) is 0 Å². The van der Waals surface area contributed by atoms with E-state index in [0.29, 0.717) is 18.0 Å². The Kier molecular flexibility index (Phi) is 6.38. The number of aliphatic hydroxyl groups excluding tert-OH is 1. The molecule has 0 spiro atoms. The lowest BCUT2D eigenvalue weighted by Crippen LogP contribution is -2.16. The molecule has 0 fully saturated rings. The molecule has 19 heavy (non-hydrogen) atoms. The van der Waals surface area contributed by atoms with E-state index in [0.717, 1.165) is 19.4 Å². The van der Waals surface area contributed by atoms with E-state index < -0.39 is 16.4 Å². The van der Waals surface area contributed by atoms with Crippen LogP contribution in [0.2, 0.25) is 0 Å². The Morgan fingerprint density at radius 2 is 2.26 bits per heavy atom. The minimum absolute atomic E-state index is 0.188. The van der Waals surface area contributed by atoms with Crippen molar-refractivity contribution in [2.24, 2.45) is 5.92 Å². The molecule has 0 aliphatic rings. The number of nitro groups is 1. The summed E-state index contributed by atoms with van der Waals surface area (Å²) in [6, 6.07) is 3.91. The topological polar surface area (TPSA) is 75.4 Å². The number of nitrogens with one attached hydrogen (secondary N) is 1. The Morgan fingerprint density at radius 3 is 2.84 bits per heavy atom. The van der Waals surface area contributed by atoms with Gasteiger partial charge in [-0.25, -0.2) is 0 Å². The van der Waals surface area contributed by atoms with Crippen molar-refractivity contribution in [3.63, 3.8) is 0 Å². The van der Waals surface area contributed by atoms with Gasteiger partial charge in [0.25, 0.3) is 0 Å². The molecule has 0 heterocycles. The van der Waals surface area contributed by atoms with Crippen molar-refractivity contribution in [2.45, 2.75) is 26.3 Å². The van der Waals surface area contributed by atoms with Gasteiger partial charge in [-0.05, 0) is 36.9 Å². The summed E-state index contributed by atoms with van der Waals surface area (Å²) >= 11 is 0. The lowest BCUT2D eigenvalue weighted by molar-refractivity contribution is -0.387. The Morgan fingerprint density at radius 1 is 1.53 bits per heavy atom. The van der Waals surface area contributed by atoms with Crippen molar-refractivity contribution in [3.8, 4) is 0 Å². The maximum Gasteiger partial charge on any atom is 0.304 e. The van der Waals surface area contributed by atoms with Crippen LogP contribution in [0.3, 0.4) is 0 Å². The molecule has 0 saturated carbocycles. The van der Waals surface area contributed by atoms with Gasteiger partial charge in [0.1, 0.15) is 0 Å². The molecule has 1 rings (SSSR count). The van der Waals surface area contributed by atoms with Gasteiger partial charge in [0.15, 0.2) is 0 Å². The zero-order valence-corrected chi connectivity index (χ0v) is 10.9. The van der Waals surface area contributed by atoms with E-state index in [2.05, 4.69) is 5.32 Å². The van der Waals surface area contributed by atoms with Gasteiger partial charge in [-0.3, -0.25) is 10.1 Å². The second-order valence-corrected chi connectivity index (χ2v) is 4.65. The Labute approximate surface area is 111 Å². The van der Waals surface area contributed by atoms with Crippen LogP contribution in [0.25, 0.3) is 0 Å². The fraction of sp³-hybridized carbons (Fsp3) is 0.538. The summed E-state index contributed by atoms with van der Waals surface area (Å²) in [5.41, 5.74) is 0.179. The molecule has 0 aliphatic carbocycles. The fourth-order valence-corrected chi connectivity index (χ4v) is 1.71. The monoisotopic (exact) mass is 270 g/mol. The van der Waals surface area contributed by atoms with Crippen LogP contribution in [0.1, 0.15) is 25.3 Å². The van der Waals surface area contributed by atoms with Crippen LogP contribution < -0.4 is 5.32 Å². The molecule has 106 valence electrons. The summed E-state index contributed by atoms with van der Waals surface area (Å²) in [5, 5.41) is 22.4. The molecule has 1 aromatic carbocycles. The first-order chi connectivity index (χ1) is 9.04. The van der Waals surface area contributed by atoms with Crippen LogP contribution in [0.15, 0.2) is 18.2 Å². The standard InChI is InChI=1S/C13H19FN2O3/c1-10(9-17)3-2-6-15-8-11-4-5-13(16(18)19)12(14)7-11/h4-5,7,10,15,17H,2-3,6,8-9H2,1H3. The molecule has 0 aromatic heterocycles. The number of hydrogen-bond acceptors (Lipinski definition) is 4. The SMILES string of the molecule is CC(CO)CCCNCc1ccc([N+](=O)[O-])c(F)c1. The number of halogens is 1. The largest absolute Gasteiger partial charge is 0.396 e. The number of rotatable bonds is 8. The van der Waals surface area contributed by atoms with E-state index in [1.807, 2.05) is 6.92 Å². The highest BCUT2D eigenvalue weighted by atomic mass is 19.1. The van der Waals surface area contributed by atoms with Gasteiger partial charge >= 0.3 is 5.69 Å². The van der Waals surface area contributed by atoms with Gasteiger partial charge in [-0.2, -0.15) is 4.39 Å². The summed E-state index contributed by atoms with van der Waals surface area (Å²) in [6.45, 7) is 3.41. The summed E-state index contributed by atoms with van der Waals surface area (Å²) in [6.07, 6.45) is 1.86. The lowest BCUT2D eigenvalue weighted by Gasteiger charge is -2.08. The molecular weight excluding hydrogens is 251 g/mol. The van der Waals surface area contributed by atoms with Crippen LogP contribution in [-0.4, -0.2) is 23.2 Å². The van der Waals surface area contributed by atoms with E-state index in [-0.39, 0.29) is 6.61 Å². The number of benzene rings is 1. The van der Waals surface area contributed by atoms with E-state index >= 15 is 0 Å². The molecule has 6 heteroatoms. The highest BCUT2D eigenvalue weighted by molar-refractivity contribution is 5.34. The first-order valence-corrected chi connectivity index (χ1v) is 6.29. The van der Waals surface area contributed by atoms with Crippen molar-refractivity contribution in [2.75, 3.05) is 13.2 Å². The van der Waals surface area contributed by atoms with E-state index in [1.54, 1.807) is 6.07 Å². The molecule has 0 bridgehead atoms. The third-order valence-electron chi connectivity index (χ3n) is 2.90. The molecule has 5 nitrogen and oxygen atoms in total. The molecule has 2 N–H and O–H groups in total. The number of hydrogen-bond donors (Lipinski definition) is 2. The first kappa shape index (κ1) is 15.5. The van der Waals surface area contributed by atoms with E-state index in [1.165, 1.54) is 12.1 Å². The molecule has 0 radical (unpaired) electrons. The van der Waals surface area contributed by atoms with Crippen LogP contribution in [0.5, 0.6) is 0 Å². The molecule has 0 amide bonds. The first-order valence-electron chi connectivity index (χ1n) is 6.29. The third kappa shape index (κ3) is 5.32. The highest BCUT2D eigenvalue weighted by Gasteiger charge is 2.13. The zero-order chi connectivity index (χ0) is 14.3. The van der Waals surface area contributed by atoms with Gasteiger partial charge < -0.3 is 10.4 Å². The zero-order valence-electron chi connectivity index (χ0n) is 10.9. The minimum atomic E-state index is -0.807. The maximum atomic E-state index is 13.3. The van der Waals surface area contributed by atoms with Crippen LogP contribution >= 0.6 is 0 Å². The van der Waals surface area contributed by atoms with E-state index in [4.69, 9.17) is 5.11 Å². The normalized spacial score (nSPS) is 12.4. The summed E-state index contributed by atoms with van der Waals surface area (Å²) < 4.78 is 13.3. The number of nitrogens with zero attached hydrogens (tertiary/aromatic N) is 1. The van der Waals surface area contributed by atoms with Crippen LogP contribution in [0.4, 0.5) is 10.1 Å². The molecule has 1 unspecified atom stereocenters. The molecule has 1 aromatic rings. The smallest absolute Gasteiger partial charge is 0.304 e. The average Bonchev–Trinajstić information content (AvgIpc) is 2.37. The maximum absolute atomic E-state index is 13.3. The molecule has 0 saturated heterocycles. The molecular formula is C13H19FN2O3. The fourth-order valence-electron chi connectivity index (χ4n) is 1.71. The summed E-state index contributed by atoms with van der Waals surface area (Å²) in [7, 11) is 0. The van der Waals surface area contributed by atoms with Crippen molar-refractivity contribution in [3.05, 3.63) is 39.7 Å². The lowest BCUT2D eigenvalue weighted by atomic mass is 10.1. The Hall–Kier alpha value is -1.53. The van der Waals surface area contributed by atoms with E-state index in [9.17, 15) is 14.5 Å². The third-order valence-corrected chi connectivity index (χ3v) is 2.90. The Bertz CT molecular complexity index is 426. The second kappa shape index (κ2) is 7.81.